The lowest BCUT2D eigenvalue weighted by atomic mass is 10.1. The van der Waals surface area contributed by atoms with Crippen molar-refractivity contribution < 1.29 is 0 Å². The molecule has 120 valence electrons. The van der Waals surface area contributed by atoms with Gasteiger partial charge < -0.3 is 4.90 Å². The predicted octanol–water partition coefficient (Wildman–Crippen LogP) is 4.67. The van der Waals surface area contributed by atoms with E-state index in [4.69, 9.17) is 23.2 Å². The summed E-state index contributed by atoms with van der Waals surface area (Å²) in [5.41, 5.74) is 2.67. The van der Waals surface area contributed by atoms with Gasteiger partial charge in [0.1, 0.15) is 0 Å². The Balaban J connectivity index is 1.36. The Labute approximate surface area is 147 Å². The molecule has 0 spiro atoms. The molecule has 4 heteroatoms. The van der Waals surface area contributed by atoms with Gasteiger partial charge in [0, 0.05) is 43.8 Å². The van der Waals surface area contributed by atoms with E-state index in [1.165, 1.54) is 17.7 Å². The van der Waals surface area contributed by atoms with Crippen LogP contribution in [0.15, 0.2) is 48.5 Å². The topological polar surface area (TPSA) is 6.48 Å². The van der Waals surface area contributed by atoms with E-state index >= 15 is 0 Å². The van der Waals surface area contributed by atoms with Gasteiger partial charge in [0.15, 0.2) is 0 Å². The average Bonchev–Trinajstić information content (AvgIpc) is 3.39. The van der Waals surface area contributed by atoms with Gasteiger partial charge in [-0.1, -0.05) is 53.5 Å². The molecule has 0 amide bonds. The number of halogens is 2. The van der Waals surface area contributed by atoms with Gasteiger partial charge in [-0.2, -0.15) is 0 Å². The fourth-order valence-electron chi connectivity index (χ4n) is 3.64. The minimum absolute atomic E-state index is 0.623. The molecule has 1 saturated heterocycles. The zero-order valence-electron chi connectivity index (χ0n) is 13.0. The van der Waals surface area contributed by atoms with Crippen LogP contribution in [-0.2, 0) is 0 Å². The Morgan fingerprint density at radius 3 is 2.26 bits per heavy atom. The first kappa shape index (κ1) is 15.3. The van der Waals surface area contributed by atoms with Crippen LogP contribution < -0.4 is 4.90 Å². The Bertz CT molecular complexity index is 681. The summed E-state index contributed by atoms with van der Waals surface area (Å²) in [6, 6.07) is 17.6. The minimum Gasteiger partial charge on any atom is -0.369 e. The third kappa shape index (κ3) is 3.21. The van der Waals surface area contributed by atoms with Crippen LogP contribution in [0.2, 0.25) is 10.0 Å². The monoisotopic (exact) mass is 346 g/mol. The molecule has 1 aliphatic carbocycles. The summed E-state index contributed by atoms with van der Waals surface area (Å²) in [5.74, 6) is 0.729. The number of hydrogen-bond donors (Lipinski definition) is 0. The van der Waals surface area contributed by atoms with Crippen molar-refractivity contribution in [3.8, 4) is 0 Å². The number of piperazine rings is 1. The van der Waals surface area contributed by atoms with Gasteiger partial charge in [-0.15, -0.1) is 0 Å². The SMILES string of the molecule is Clc1ccc(N2CCN([C@H]3C[C@@H]3c3ccccc3)CC2)cc1Cl. The van der Waals surface area contributed by atoms with Crippen LogP contribution >= 0.6 is 23.2 Å². The maximum absolute atomic E-state index is 6.14. The molecule has 0 N–H and O–H groups in total. The van der Waals surface area contributed by atoms with Crippen molar-refractivity contribution in [3.63, 3.8) is 0 Å². The van der Waals surface area contributed by atoms with E-state index in [-0.39, 0.29) is 0 Å². The van der Waals surface area contributed by atoms with E-state index in [1.807, 2.05) is 12.1 Å². The number of anilines is 1. The zero-order chi connectivity index (χ0) is 15.8. The maximum Gasteiger partial charge on any atom is 0.0612 e. The molecule has 2 fully saturated rings. The molecule has 4 rings (SSSR count). The molecule has 2 aromatic carbocycles. The Morgan fingerprint density at radius 1 is 0.826 bits per heavy atom. The largest absolute Gasteiger partial charge is 0.369 e. The minimum atomic E-state index is 0.623. The summed E-state index contributed by atoms with van der Waals surface area (Å²) < 4.78 is 0. The second-order valence-electron chi connectivity index (χ2n) is 6.44. The van der Waals surface area contributed by atoms with E-state index in [0.717, 1.165) is 38.1 Å². The van der Waals surface area contributed by atoms with Crippen LogP contribution in [-0.4, -0.2) is 37.1 Å². The Morgan fingerprint density at radius 2 is 1.57 bits per heavy atom. The van der Waals surface area contributed by atoms with Crippen molar-refractivity contribution >= 4 is 28.9 Å². The third-order valence-electron chi connectivity index (χ3n) is 5.04. The molecular weight excluding hydrogens is 327 g/mol. The Hall–Kier alpha value is -1.22. The van der Waals surface area contributed by atoms with Crippen LogP contribution in [0.1, 0.15) is 17.9 Å². The lowest BCUT2D eigenvalue weighted by Crippen LogP contribution is -2.47. The highest BCUT2D eigenvalue weighted by Crippen LogP contribution is 2.45. The smallest absolute Gasteiger partial charge is 0.0612 e. The normalized spacial score (nSPS) is 24.7. The van der Waals surface area contributed by atoms with Gasteiger partial charge >= 0.3 is 0 Å². The van der Waals surface area contributed by atoms with Crippen molar-refractivity contribution in [1.82, 2.24) is 4.90 Å². The molecule has 0 aromatic heterocycles. The molecule has 0 unspecified atom stereocenters. The summed E-state index contributed by atoms with van der Waals surface area (Å²) in [6.45, 7) is 4.34. The summed E-state index contributed by atoms with van der Waals surface area (Å²) in [4.78, 5) is 5.05. The van der Waals surface area contributed by atoms with E-state index < -0.39 is 0 Å². The third-order valence-corrected chi connectivity index (χ3v) is 5.78. The standard InChI is InChI=1S/C19H20Cl2N2/c20-17-7-6-15(12-18(17)21)22-8-10-23(11-9-22)19-13-16(19)14-4-2-1-3-5-14/h1-7,12,16,19H,8-11,13H2/t16-,19+/m1/s1. The zero-order valence-corrected chi connectivity index (χ0v) is 14.5. The lowest BCUT2D eigenvalue weighted by Gasteiger charge is -2.36. The second-order valence-corrected chi connectivity index (χ2v) is 7.26. The van der Waals surface area contributed by atoms with Gasteiger partial charge in [-0.05, 0) is 30.2 Å². The molecule has 0 bridgehead atoms. The quantitative estimate of drug-likeness (QED) is 0.796. The lowest BCUT2D eigenvalue weighted by molar-refractivity contribution is 0.244. The van der Waals surface area contributed by atoms with Gasteiger partial charge in [0.05, 0.1) is 10.0 Å². The molecule has 2 aromatic rings. The highest BCUT2D eigenvalue weighted by atomic mass is 35.5. The van der Waals surface area contributed by atoms with Crippen molar-refractivity contribution in [1.29, 1.82) is 0 Å². The first-order valence-electron chi connectivity index (χ1n) is 8.21. The molecule has 1 heterocycles. The molecule has 1 saturated carbocycles. The van der Waals surface area contributed by atoms with E-state index in [2.05, 4.69) is 46.2 Å². The average molecular weight is 347 g/mol. The van der Waals surface area contributed by atoms with Crippen LogP contribution in [0.4, 0.5) is 5.69 Å². The number of nitrogens with zero attached hydrogens (tertiary/aromatic N) is 2. The molecule has 23 heavy (non-hydrogen) atoms. The molecule has 1 aliphatic heterocycles. The molecule has 2 atom stereocenters. The van der Waals surface area contributed by atoms with Gasteiger partial charge in [-0.3, -0.25) is 4.90 Å². The van der Waals surface area contributed by atoms with E-state index in [9.17, 15) is 0 Å². The number of hydrogen-bond acceptors (Lipinski definition) is 2. The fraction of sp³-hybridized carbons (Fsp3) is 0.368. The van der Waals surface area contributed by atoms with Gasteiger partial charge in [0.2, 0.25) is 0 Å². The molecule has 2 aliphatic rings. The molecule has 0 radical (unpaired) electrons. The highest BCUT2D eigenvalue weighted by Gasteiger charge is 2.43. The number of rotatable bonds is 3. The van der Waals surface area contributed by atoms with Crippen LogP contribution in [0.5, 0.6) is 0 Å². The fourth-order valence-corrected chi connectivity index (χ4v) is 3.93. The number of benzene rings is 2. The predicted molar refractivity (Wildman–Crippen MR) is 97.8 cm³/mol. The second kappa shape index (κ2) is 6.35. The van der Waals surface area contributed by atoms with Crippen molar-refractivity contribution in [3.05, 3.63) is 64.1 Å². The van der Waals surface area contributed by atoms with Crippen LogP contribution in [0.3, 0.4) is 0 Å². The Kier molecular flexibility index (Phi) is 4.23. The summed E-state index contributed by atoms with van der Waals surface area (Å²) in [6.07, 6.45) is 1.30. The van der Waals surface area contributed by atoms with E-state index in [0.29, 0.717) is 10.0 Å². The summed E-state index contributed by atoms with van der Waals surface area (Å²) >= 11 is 12.1. The van der Waals surface area contributed by atoms with Gasteiger partial charge in [-0.25, -0.2) is 0 Å². The molecular formula is C19H20Cl2N2. The van der Waals surface area contributed by atoms with Gasteiger partial charge in [0.25, 0.3) is 0 Å². The van der Waals surface area contributed by atoms with Crippen molar-refractivity contribution in [2.24, 2.45) is 0 Å². The van der Waals surface area contributed by atoms with E-state index in [1.54, 1.807) is 0 Å². The molecule has 2 nitrogen and oxygen atoms in total. The summed E-state index contributed by atoms with van der Waals surface area (Å²) in [5, 5.41) is 1.26. The van der Waals surface area contributed by atoms with Crippen LogP contribution in [0, 0.1) is 0 Å². The first-order valence-corrected chi connectivity index (χ1v) is 8.97. The maximum atomic E-state index is 6.14. The summed E-state index contributed by atoms with van der Waals surface area (Å²) in [7, 11) is 0. The highest BCUT2D eigenvalue weighted by molar-refractivity contribution is 6.42. The van der Waals surface area contributed by atoms with Crippen molar-refractivity contribution in [2.45, 2.75) is 18.4 Å². The van der Waals surface area contributed by atoms with Crippen LogP contribution in [0.25, 0.3) is 0 Å². The van der Waals surface area contributed by atoms with Crippen molar-refractivity contribution in [2.75, 3.05) is 31.1 Å². The first-order chi connectivity index (χ1) is 11.2.